The lowest BCUT2D eigenvalue weighted by Gasteiger charge is -2.34. The number of rotatable bonds is 5. The molecule has 128 valence electrons. The molecule has 4 heteroatoms. The lowest BCUT2D eigenvalue weighted by molar-refractivity contribution is 0.0676. The first-order chi connectivity index (χ1) is 11.6. The molecular weight excluding hydrogens is 300 g/mol. The third-order valence-corrected chi connectivity index (χ3v) is 4.73. The summed E-state index contributed by atoms with van der Waals surface area (Å²) in [6.07, 6.45) is 5.17. The molecule has 0 N–H and O–H groups in total. The van der Waals surface area contributed by atoms with E-state index in [9.17, 15) is 4.79 Å². The minimum Gasteiger partial charge on any atom is -0.491 e. The predicted octanol–water partition coefficient (Wildman–Crippen LogP) is 3.87. The zero-order valence-corrected chi connectivity index (χ0v) is 14.8. The number of hydrogen-bond acceptors (Lipinski definition) is 3. The summed E-state index contributed by atoms with van der Waals surface area (Å²) in [6, 6.07) is 7.77. The zero-order valence-electron chi connectivity index (χ0n) is 14.8. The van der Waals surface area contributed by atoms with Crippen molar-refractivity contribution in [2.45, 2.75) is 52.2 Å². The molecule has 24 heavy (non-hydrogen) atoms. The minimum absolute atomic E-state index is 0.109. The van der Waals surface area contributed by atoms with Gasteiger partial charge in [0.2, 0.25) is 0 Å². The van der Waals surface area contributed by atoms with E-state index < -0.39 is 0 Å². The summed E-state index contributed by atoms with van der Waals surface area (Å²) >= 11 is 0. The summed E-state index contributed by atoms with van der Waals surface area (Å²) in [5, 5.41) is 0. The molecule has 1 unspecified atom stereocenters. The van der Waals surface area contributed by atoms with Crippen LogP contribution in [-0.4, -0.2) is 42.3 Å². The van der Waals surface area contributed by atoms with Crippen molar-refractivity contribution in [1.82, 2.24) is 4.90 Å². The Morgan fingerprint density at radius 1 is 1.33 bits per heavy atom. The van der Waals surface area contributed by atoms with E-state index >= 15 is 0 Å². The lowest BCUT2D eigenvalue weighted by Crippen LogP contribution is -2.41. The first-order valence-corrected chi connectivity index (χ1v) is 8.87. The second-order valence-corrected chi connectivity index (χ2v) is 6.78. The first kappa shape index (κ1) is 16.7. The molecule has 1 heterocycles. The van der Waals surface area contributed by atoms with Crippen LogP contribution in [-0.2, 0) is 0 Å². The fourth-order valence-electron chi connectivity index (χ4n) is 3.54. The summed E-state index contributed by atoms with van der Waals surface area (Å²) in [4.78, 5) is 19.3. The van der Waals surface area contributed by atoms with Crippen LogP contribution in [0.25, 0.3) is 0 Å². The first-order valence-electron chi connectivity index (χ1n) is 8.87. The molecule has 1 aromatic carbocycles. The van der Waals surface area contributed by atoms with Gasteiger partial charge in [-0.3, -0.25) is 9.79 Å². The fourth-order valence-corrected chi connectivity index (χ4v) is 3.54. The van der Waals surface area contributed by atoms with Crippen molar-refractivity contribution in [3.8, 4) is 5.75 Å². The number of amides is 1. The molecule has 0 fully saturated rings. The van der Waals surface area contributed by atoms with Crippen LogP contribution in [0.1, 0.15) is 50.4 Å². The van der Waals surface area contributed by atoms with E-state index in [-0.39, 0.29) is 18.1 Å². The number of carbonyl (C=O) groups excluding carboxylic acids is 1. The zero-order chi connectivity index (χ0) is 17.1. The van der Waals surface area contributed by atoms with Crippen LogP contribution in [0.2, 0.25) is 0 Å². The van der Waals surface area contributed by atoms with Crippen molar-refractivity contribution in [2.24, 2.45) is 4.99 Å². The smallest absolute Gasteiger partial charge is 0.254 e. The molecule has 1 amide bonds. The molecule has 0 saturated carbocycles. The van der Waals surface area contributed by atoms with Crippen LogP contribution < -0.4 is 4.74 Å². The van der Waals surface area contributed by atoms with Gasteiger partial charge in [-0.1, -0.05) is 0 Å². The lowest BCUT2D eigenvalue weighted by atomic mass is 9.88. The van der Waals surface area contributed by atoms with Crippen LogP contribution in [0.4, 0.5) is 0 Å². The number of benzene rings is 1. The highest BCUT2D eigenvalue weighted by atomic mass is 16.5. The van der Waals surface area contributed by atoms with Crippen LogP contribution >= 0.6 is 0 Å². The molecule has 1 aromatic rings. The maximum Gasteiger partial charge on any atom is 0.254 e. The van der Waals surface area contributed by atoms with Crippen molar-refractivity contribution >= 4 is 12.1 Å². The van der Waals surface area contributed by atoms with Crippen molar-refractivity contribution in [3.63, 3.8) is 0 Å². The SMILES string of the molecule is CCN(C(=O)c1ccc(OC(C)C)cc1)C1CCC2=C(C=NC2)C1. The summed E-state index contributed by atoms with van der Waals surface area (Å²) in [5.74, 6) is 0.914. The Morgan fingerprint density at radius 3 is 2.75 bits per heavy atom. The third kappa shape index (κ3) is 3.53. The van der Waals surface area contributed by atoms with E-state index in [1.807, 2.05) is 49.2 Å². The molecule has 0 radical (unpaired) electrons. The molecule has 2 aliphatic rings. The molecule has 1 aliphatic heterocycles. The van der Waals surface area contributed by atoms with Gasteiger partial charge in [-0.2, -0.15) is 0 Å². The second kappa shape index (κ2) is 7.20. The van der Waals surface area contributed by atoms with Crippen molar-refractivity contribution < 1.29 is 9.53 Å². The van der Waals surface area contributed by atoms with Crippen LogP contribution in [0.15, 0.2) is 40.4 Å². The van der Waals surface area contributed by atoms with Crippen molar-refractivity contribution in [3.05, 3.63) is 41.0 Å². The summed E-state index contributed by atoms with van der Waals surface area (Å²) in [5.41, 5.74) is 3.54. The van der Waals surface area contributed by atoms with E-state index in [4.69, 9.17) is 4.74 Å². The van der Waals surface area contributed by atoms with Gasteiger partial charge in [0.25, 0.3) is 5.91 Å². The number of nitrogens with zero attached hydrogens (tertiary/aromatic N) is 2. The fraction of sp³-hybridized carbons (Fsp3) is 0.500. The predicted molar refractivity (Wildman–Crippen MR) is 96.9 cm³/mol. The van der Waals surface area contributed by atoms with Gasteiger partial charge in [0.05, 0.1) is 12.6 Å². The topological polar surface area (TPSA) is 41.9 Å². The Balaban J connectivity index is 1.71. The average molecular weight is 326 g/mol. The molecule has 0 saturated heterocycles. The standard InChI is InChI=1S/C20H26N2O2/c1-4-22(18-8-5-16-12-21-13-17(16)11-18)20(23)15-6-9-19(10-7-15)24-14(2)3/h6-7,9-10,13-14,18H,4-5,8,11-12H2,1-3H3. The summed E-state index contributed by atoms with van der Waals surface area (Å²) in [7, 11) is 0. The van der Waals surface area contributed by atoms with Gasteiger partial charge >= 0.3 is 0 Å². The normalized spacial score (nSPS) is 19.6. The highest BCUT2D eigenvalue weighted by molar-refractivity contribution is 5.94. The van der Waals surface area contributed by atoms with E-state index in [0.29, 0.717) is 0 Å². The van der Waals surface area contributed by atoms with Crippen molar-refractivity contribution in [2.75, 3.05) is 13.1 Å². The monoisotopic (exact) mass is 326 g/mol. The number of ether oxygens (including phenoxy) is 1. The van der Waals surface area contributed by atoms with Gasteiger partial charge in [-0.25, -0.2) is 0 Å². The molecule has 0 spiro atoms. The third-order valence-electron chi connectivity index (χ3n) is 4.73. The molecule has 1 aliphatic carbocycles. The molecule has 4 nitrogen and oxygen atoms in total. The Labute approximate surface area is 144 Å². The van der Waals surface area contributed by atoms with E-state index in [1.165, 1.54) is 11.1 Å². The maximum absolute atomic E-state index is 12.9. The Hall–Kier alpha value is -2.10. The van der Waals surface area contributed by atoms with E-state index in [0.717, 1.165) is 43.7 Å². The van der Waals surface area contributed by atoms with Crippen LogP contribution in [0.5, 0.6) is 5.75 Å². The van der Waals surface area contributed by atoms with Gasteiger partial charge in [-0.05, 0) is 75.4 Å². The number of hydrogen-bond donors (Lipinski definition) is 0. The molecule has 1 atom stereocenters. The van der Waals surface area contributed by atoms with E-state index in [2.05, 4.69) is 11.9 Å². The Morgan fingerprint density at radius 2 is 2.08 bits per heavy atom. The Bertz CT molecular complexity index is 659. The van der Waals surface area contributed by atoms with Gasteiger partial charge in [0.15, 0.2) is 0 Å². The summed E-state index contributed by atoms with van der Waals surface area (Å²) < 4.78 is 5.65. The van der Waals surface area contributed by atoms with Crippen LogP contribution in [0, 0.1) is 0 Å². The average Bonchev–Trinajstić information content (AvgIpc) is 3.03. The van der Waals surface area contributed by atoms with Gasteiger partial charge in [0.1, 0.15) is 5.75 Å². The molecule has 0 bridgehead atoms. The van der Waals surface area contributed by atoms with Gasteiger partial charge in [0, 0.05) is 24.4 Å². The molecule has 0 aromatic heterocycles. The minimum atomic E-state index is 0.109. The molecule has 3 rings (SSSR count). The van der Waals surface area contributed by atoms with Gasteiger partial charge < -0.3 is 9.64 Å². The quantitative estimate of drug-likeness (QED) is 0.824. The Kier molecular flexibility index (Phi) is 5.03. The number of aliphatic imine (C=N–C) groups is 1. The van der Waals surface area contributed by atoms with E-state index in [1.54, 1.807) is 0 Å². The highest BCUT2D eigenvalue weighted by Gasteiger charge is 2.29. The second-order valence-electron chi connectivity index (χ2n) is 6.78. The highest BCUT2D eigenvalue weighted by Crippen LogP contribution is 2.31. The summed E-state index contributed by atoms with van der Waals surface area (Å²) in [6.45, 7) is 7.64. The largest absolute Gasteiger partial charge is 0.491 e. The molecular formula is C20H26N2O2. The van der Waals surface area contributed by atoms with Gasteiger partial charge in [-0.15, -0.1) is 0 Å². The van der Waals surface area contributed by atoms with Crippen molar-refractivity contribution in [1.29, 1.82) is 0 Å². The number of carbonyl (C=O) groups is 1. The van der Waals surface area contributed by atoms with Crippen LogP contribution in [0.3, 0.4) is 0 Å². The maximum atomic E-state index is 12.9.